The van der Waals surface area contributed by atoms with Crippen LogP contribution < -0.4 is 4.74 Å². The molecule has 0 bridgehead atoms. The third-order valence-corrected chi connectivity index (χ3v) is 5.08. The maximum Gasteiger partial charge on any atom is 0.123 e. The van der Waals surface area contributed by atoms with E-state index in [1.807, 2.05) is 36.8 Å². The van der Waals surface area contributed by atoms with Crippen molar-refractivity contribution in [3.8, 4) is 5.75 Å². The Bertz CT molecular complexity index is 1100. The largest absolute Gasteiger partial charge is 0.497 e. The van der Waals surface area contributed by atoms with Gasteiger partial charge in [-0.25, -0.2) is 9.37 Å². The fraction of sp³-hybridized carbons (Fsp3) is 0.250. The van der Waals surface area contributed by atoms with Crippen LogP contribution >= 0.6 is 0 Å². The van der Waals surface area contributed by atoms with Gasteiger partial charge in [-0.1, -0.05) is 18.2 Å². The van der Waals surface area contributed by atoms with Crippen molar-refractivity contribution in [1.29, 1.82) is 0 Å². The van der Waals surface area contributed by atoms with Gasteiger partial charge in [-0.05, 0) is 48.4 Å². The molecule has 0 N–H and O–H groups in total. The highest BCUT2D eigenvalue weighted by Gasteiger charge is 2.10. The van der Waals surface area contributed by atoms with Crippen LogP contribution in [-0.2, 0) is 19.6 Å². The van der Waals surface area contributed by atoms with E-state index in [0.717, 1.165) is 47.4 Å². The van der Waals surface area contributed by atoms with E-state index in [9.17, 15) is 4.39 Å². The first-order valence-corrected chi connectivity index (χ1v) is 10.1. The Morgan fingerprint density at radius 1 is 1.07 bits per heavy atom. The van der Waals surface area contributed by atoms with Gasteiger partial charge in [-0.15, -0.1) is 0 Å². The standard InChI is InChI=1S/C24H25FN4O/c1-30-23-8-9-24-20(15-23)6-7-22(27-24)17-29(12-3-11-28-13-10-26-18-28)16-19-4-2-5-21(25)14-19/h2,4-10,13-15,18H,3,11-12,16-17H2,1H3. The predicted octanol–water partition coefficient (Wildman–Crippen LogP) is 4.67. The van der Waals surface area contributed by atoms with Crippen molar-refractivity contribution in [1.82, 2.24) is 19.4 Å². The minimum Gasteiger partial charge on any atom is -0.497 e. The summed E-state index contributed by atoms with van der Waals surface area (Å²) in [7, 11) is 1.66. The normalized spacial score (nSPS) is 11.3. The summed E-state index contributed by atoms with van der Waals surface area (Å²) in [6, 6.07) is 16.8. The number of fused-ring (bicyclic) bond motifs is 1. The summed E-state index contributed by atoms with van der Waals surface area (Å²) in [6.45, 7) is 3.13. The molecule has 0 radical (unpaired) electrons. The van der Waals surface area contributed by atoms with Gasteiger partial charge in [0.25, 0.3) is 0 Å². The number of rotatable bonds is 9. The predicted molar refractivity (Wildman–Crippen MR) is 116 cm³/mol. The number of methoxy groups -OCH3 is 1. The number of aryl methyl sites for hydroxylation is 1. The Balaban J connectivity index is 1.49. The molecule has 0 atom stereocenters. The van der Waals surface area contributed by atoms with Crippen molar-refractivity contribution in [3.63, 3.8) is 0 Å². The van der Waals surface area contributed by atoms with E-state index >= 15 is 0 Å². The van der Waals surface area contributed by atoms with Crippen LogP contribution in [0.15, 0.2) is 73.3 Å². The van der Waals surface area contributed by atoms with Gasteiger partial charge < -0.3 is 9.30 Å². The number of pyridine rings is 1. The van der Waals surface area contributed by atoms with Crippen LogP contribution in [0.1, 0.15) is 17.7 Å². The lowest BCUT2D eigenvalue weighted by molar-refractivity contribution is 0.245. The smallest absolute Gasteiger partial charge is 0.123 e. The molecule has 6 heteroatoms. The number of hydrogen-bond acceptors (Lipinski definition) is 4. The number of aromatic nitrogens is 3. The van der Waals surface area contributed by atoms with E-state index in [2.05, 4.69) is 26.6 Å². The number of ether oxygens (including phenoxy) is 1. The fourth-order valence-electron chi connectivity index (χ4n) is 3.59. The number of benzene rings is 2. The zero-order valence-electron chi connectivity index (χ0n) is 17.0. The highest BCUT2D eigenvalue weighted by atomic mass is 19.1. The first-order chi connectivity index (χ1) is 14.7. The second-order valence-electron chi connectivity index (χ2n) is 7.36. The number of hydrogen-bond donors (Lipinski definition) is 0. The third-order valence-electron chi connectivity index (χ3n) is 5.08. The van der Waals surface area contributed by atoms with Crippen molar-refractivity contribution in [3.05, 3.63) is 90.4 Å². The molecule has 2 aromatic heterocycles. The quantitative estimate of drug-likeness (QED) is 0.407. The van der Waals surface area contributed by atoms with Crippen LogP contribution in [0.4, 0.5) is 4.39 Å². The highest BCUT2D eigenvalue weighted by molar-refractivity contribution is 5.80. The molecule has 154 valence electrons. The minimum absolute atomic E-state index is 0.205. The molecule has 5 nitrogen and oxygen atoms in total. The first kappa shape index (κ1) is 20.0. The lowest BCUT2D eigenvalue weighted by Gasteiger charge is -2.22. The van der Waals surface area contributed by atoms with Crippen LogP contribution in [0.25, 0.3) is 10.9 Å². The molecular formula is C24H25FN4O. The van der Waals surface area contributed by atoms with E-state index in [-0.39, 0.29) is 5.82 Å². The van der Waals surface area contributed by atoms with Gasteiger partial charge in [0.15, 0.2) is 0 Å². The van der Waals surface area contributed by atoms with Gasteiger partial charge in [-0.3, -0.25) is 9.88 Å². The van der Waals surface area contributed by atoms with Gasteiger partial charge in [0.1, 0.15) is 11.6 Å². The van der Waals surface area contributed by atoms with Crippen molar-refractivity contribution >= 4 is 10.9 Å². The lowest BCUT2D eigenvalue weighted by atomic mass is 10.1. The molecule has 0 spiro atoms. The van der Waals surface area contributed by atoms with E-state index in [0.29, 0.717) is 13.1 Å². The van der Waals surface area contributed by atoms with E-state index in [1.54, 1.807) is 25.4 Å². The summed E-state index contributed by atoms with van der Waals surface area (Å²) < 4.78 is 21.0. The Kier molecular flexibility index (Phi) is 6.35. The molecule has 0 aliphatic rings. The maximum atomic E-state index is 13.7. The van der Waals surface area contributed by atoms with Crippen LogP contribution in [0, 0.1) is 5.82 Å². The van der Waals surface area contributed by atoms with Gasteiger partial charge in [0, 0.05) is 44.0 Å². The molecule has 4 aromatic rings. The monoisotopic (exact) mass is 404 g/mol. The molecule has 2 aromatic carbocycles. The van der Waals surface area contributed by atoms with Crippen LogP contribution in [0.5, 0.6) is 5.75 Å². The lowest BCUT2D eigenvalue weighted by Crippen LogP contribution is -2.25. The average molecular weight is 404 g/mol. The zero-order valence-corrected chi connectivity index (χ0v) is 17.0. The van der Waals surface area contributed by atoms with Gasteiger partial charge in [-0.2, -0.15) is 0 Å². The van der Waals surface area contributed by atoms with Crippen LogP contribution in [-0.4, -0.2) is 33.1 Å². The van der Waals surface area contributed by atoms with Crippen LogP contribution in [0.2, 0.25) is 0 Å². The summed E-state index contributed by atoms with van der Waals surface area (Å²) in [6.07, 6.45) is 6.56. The summed E-state index contributed by atoms with van der Waals surface area (Å²) in [5.41, 5.74) is 2.90. The first-order valence-electron chi connectivity index (χ1n) is 10.1. The summed E-state index contributed by atoms with van der Waals surface area (Å²) >= 11 is 0. The second-order valence-corrected chi connectivity index (χ2v) is 7.36. The summed E-state index contributed by atoms with van der Waals surface area (Å²) in [4.78, 5) is 11.2. The van der Waals surface area contributed by atoms with E-state index < -0.39 is 0 Å². The Morgan fingerprint density at radius 3 is 2.80 bits per heavy atom. The SMILES string of the molecule is COc1ccc2nc(CN(CCCn3ccnc3)Cc3cccc(F)c3)ccc2c1. The van der Waals surface area contributed by atoms with Crippen molar-refractivity contribution in [2.24, 2.45) is 0 Å². The topological polar surface area (TPSA) is 43.2 Å². The van der Waals surface area contributed by atoms with Crippen molar-refractivity contribution < 1.29 is 9.13 Å². The van der Waals surface area contributed by atoms with E-state index in [1.165, 1.54) is 6.07 Å². The molecule has 0 aliphatic heterocycles. The number of nitrogens with zero attached hydrogens (tertiary/aromatic N) is 4. The van der Waals surface area contributed by atoms with Gasteiger partial charge in [0.05, 0.1) is 24.6 Å². The Hall–Kier alpha value is -3.25. The zero-order chi connectivity index (χ0) is 20.8. The maximum absolute atomic E-state index is 13.7. The fourth-order valence-corrected chi connectivity index (χ4v) is 3.59. The molecule has 0 aliphatic carbocycles. The molecule has 2 heterocycles. The molecule has 0 saturated carbocycles. The number of halogens is 1. The molecule has 0 unspecified atom stereocenters. The Morgan fingerprint density at radius 2 is 2.00 bits per heavy atom. The molecule has 0 saturated heterocycles. The third kappa shape index (κ3) is 5.21. The van der Waals surface area contributed by atoms with E-state index in [4.69, 9.17) is 9.72 Å². The minimum atomic E-state index is -0.205. The van der Waals surface area contributed by atoms with Crippen molar-refractivity contribution in [2.45, 2.75) is 26.1 Å². The Labute approximate surface area is 175 Å². The second kappa shape index (κ2) is 9.50. The summed E-state index contributed by atoms with van der Waals surface area (Å²) in [5.74, 6) is 0.618. The van der Waals surface area contributed by atoms with Crippen molar-refractivity contribution in [2.75, 3.05) is 13.7 Å². The highest BCUT2D eigenvalue weighted by Crippen LogP contribution is 2.20. The van der Waals surface area contributed by atoms with Gasteiger partial charge >= 0.3 is 0 Å². The van der Waals surface area contributed by atoms with Crippen LogP contribution in [0.3, 0.4) is 0 Å². The molecule has 0 amide bonds. The molecular weight excluding hydrogens is 379 g/mol. The molecule has 0 fully saturated rings. The average Bonchev–Trinajstić information content (AvgIpc) is 3.27. The van der Waals surface area contributed by atoms with Gasteiger partial charge in [0.2, 0.25) is 0 Å². The molecule has 30 heavy (non-hydrogen) atoms. The molecule has 4 rings (SSSR count). The number of imidazole rings is 1. The summed E-state index contributed by atoms with van der Waals surface area (Å²) in [5, 5.41) is 1.05.